The van der Waals surface area contributed by atoms with Gasteiger partial charge < -0.3 is 5.11 Å². The minimum atomic E-state index is -1.35. The summed E-state index contributed by atoms with van der Waals surface area (Å²) in [6.07, 6.45) is 2.37. The van der Waals surface area contributed by atoms with Crippen LogP contribution in [0.5, 0.6) is 0 Å². The van der Waals surface area contributed by atoms with Crippen LogP contribution in [0.15, 0.2) is 17.1 Å². The molecule has 0 fully saturated rings. The maximum atomic E-state index is 10.7. The Morgan fingerprint density at radius 3 is 2.73 bits per heavy atom. The smallest absolute Gasteiger partial charge is 0.336 e. The molecule has 0 spiro atoms. The van der Waals surface area contributed by atoms with E-state index in [9.17, 15) is 9.59 Å². The summed E-state index contributed by atoms with van der Waals surface area (Å²) in [6.45, 7) is 0. The molecular formula is C6H4ClNO3. The molecule has 11 heavy (non-hydrogen) atoms. The van der Waals surface area contributed by atoms with Crippen LogP contribution in [0.4, 0.5) is 0 Å². The number of carbonyl (C=O) groups is 2. The van der Waals surface area contributed by atoms with Gasteiger partial charge in [-0.15, -0.1) is 0 Å². The quantitative estimate of drug-likeness (QED) is 0.577. The van der Waals surface area contributed by atoms with Crippen LogP contribution in [0.25, 0.3) is 0 Å². The van der Waals surface area contributed by atoms with Crippen molar-refractivity contribution in [3.8, 4) is 0 Å². The molecule has 5 heteroatoms. The lowest BCUT2D eigenvalue weighted by Crippen LogP contribution is -2.29. The molecule has 0 aromatic heterocycles. The zero-order valence-corrected chi connectivity index (χ0v) is 6.08. The van der Waals surface area contributed by atoms with E-state index >= 15 is 0 Å². The minimum Gasteiger partial charge on any atom is -0.479 e. The molecule has 0 aromatic carbocycles. The van der Waals surface area contributed by atoms with Gasteiger partial charge in [-0.1, -0.05) is 11.6 Å². The van der Waals surface area contributed by atoms with Gasteiger partial charge in [-0.2, -0.15) is 0 Å². The lowest BCUT2D eigenvalue weighted by molar-refractivity contribution is -0.141. The van der Waals surface area contributed by atoms with Crippen molar-refractivity contribution in [2.24, 2.45) is 4.99 Å². The van der Waals surface area contributed by atoms with Crippen LogP contribution in [0.2, 0.25) is 0 Å². The molecular weight excluding hydrogens is 170 g/mol. The summed E-state index contributed by atoms with van der Waals surface area (Å²) in [4.78, 5) is 24.4. The highest BCUT2D eigenvalue weighted by Gasteiger charge is 2.25. The van der Waals surface area contributed by atoms with E-state index in [0.717, 1.165) is 6.08 Å². The highest BCUT2D eigenvalue weighted by Crippen LogP contribution is 2.05. The predicted molar refractivity (Wildman–Crippen MR) is 38.9 cm³/mol. The summed E-state index contributed by atoms with van der Waals surface area (Å²) in [5, 5.41) is 8.44. The first-order valence-electron chi connectivity index (χ1n) is 2.79. The number of rotatable bonds is 1. The molecule has 0 saturated carbocycles. The second-order valence-electron chi connectivity index (χ2n) is 1.93. The van der Waals surface area contributed by atoms with Gasteiger partial charge in [0, 0.05) is 0 Å². The summed E-state index contributed by atoms with van der Waals surface area (Å²) >= 11 is 5.37. The highest BCUT2D eigenvalue weighted by molar-refractivity contribution is 6.69. The van der Waals surface area contributed by atoms with Crippen LogP contribution in [-0.4, -0.2) is 28.1 Å². The molecule has 1 aliphatic rings. The largest absolute Gasteiger partial charge is 0.479 e. The van der Waals surface area contributed by atoms with Gasteiger partial charge >= 0.3 is 5.97 Å². The molecule has 58 valence electrons. The van der Waals surface area contributed by atoms with Gasteiger partial charge in [0.05, 0.1) is 0 Å². The molecule has 0 bridgehead atoms. The molecule has 1 unspecified atom stereocenters. The number of ketones is 1. The van der Waals surface area contributed by atoms with E-state index < -0.39 is 17.8 Å². The average molecular weight is 174 g/mol. The van der Waals surface area contributed by atoms with Crippen molar-refractivity contribution in [1.29, 1.82) is 0 Å². The van der Waals surface area contributed by atoms with Gasteiger partial charge in [0.25, 0.3) is 0 Å². The van der Waals surface area contributed by atoms with Gasteiger partial charge in [-0.3, -0.25) is 4.79 Å². The molecule has 0 aliphatic carbocycles. The normalized spacial score (nSPS) is 23.2. The van der Waals surface area contributed by atoms with Crippen molar-refractivity contribution in [2.75, 3.05) is 0 Å². The van der Waals surface area contributed by atoms with Crippen LogP contribution in [0.3, 0.4) is 0 Å². The standard InChI is InChI=1S/C6H4ClNO3/c7-4-2-1-3(9)5(8-4)6(10)11/h1-2,5H,(H,10,11). The van der Waals surface area contributed by atoms with E-state index in [1.165, 1.54) is 6.08 Å². The zero-order valence-electron chi connectivity index (χ0n) is 5.32. The van der Waals surface area contributed by atoms with Crippen molar-refractivity contribution in [2.45, 2.75) is 6.04 Å². The zero-order chi connectivity index (χ0) is 8.43. The maximum absolute atomic E-state index is 10.7. The molecule has 0 amide bonds. The monoisotopic (exact) mass is 173 g/mol. The first-order valence-corrected chi connectivity index (χ1v) is 3.17. The highest BCUT2D eigenvalue weighted by atomic mass is 35.5. The van der Waals surface area contributed by atoms with Crippen LogP contribution in [-0.2, 0) is 9.59 Å². The fourth-order valence-electron chi connectivity index (χ4n) is 0.649. The molecule has 1 aliphatic heterocycles. The number of aliphatic carboxylic acids is 1. The molecule has 1 N–H and O–H groups in total. The number of allylic oxidation sites excluding steroid dienone is 1. The fraction of sp³-hybridized carbons (Fsp3) is 0.167. The third kappa shape index (κ3) is 1.65. The van der Waals surface area contributed by atoms with Gasteiger partial charge in [0.1, 0.15) is 5.17 Å². The summed E-state index contributed by atoms with van der Waals surface area (Å²) in [5.74, 6) is -1.83. The van der Waals surface area contributed by atoms with E-state index in [4.69, 9.17) is 16.7 Å². The number of carboxylic acid groups (broad SMARTS) is 1. The number of halogens is 1. The Morgan fingerprint density at radius 1 is 1.64 bits per heavy atom. The second kappa shape index (κ2) is 2.84. The topological polar surface area (TPSA) is 66.7 Å². The van der Waals surface area contributed by atoms with Crippen molar-refractivity contribution in [3.63, 3.8) is 0 Å². The first-order chi connectivity index (χ1) is 5.11. The van der Waals surface area contributed by atoms with Crippen molar-refractivity contribution in [1.82, 2.24) is 0 Å². The molecule has 0 radical (unpaired) electrons. The minimum absolute atomic E-state index is 0.0389. The van der Waals surface area contributed by atoms with Crippen molar-refractivity contribution >= 4 is 28.5 Å². The maximum Gasteiger partial charge on any atom is 0.336 e. The lowest BCUT2D eigenvalue weighted by atomic mass is 10.1. The van der Waals surface area contributed by atoms with Crippen LogP contribution in [0.1, 0.15) is 0 Å². The number of carbonyl (C=O) groups excluding carboxylic acids is 1. The Morgan fingerprint density at radius 2 is 2.27 bits per heavy atom. The third-order valence-electron chi connectivity index (χ3n) is 1.14. The van der Waals surface area contributed by atoms with Gasteiger partial charge in [-0.25, -0.2) is 9.79 Å². The molecule has 1 atom stereocenters. The van der Waals surface area contributed by atoms with Gasteiger partial charge in [0.2, 0.25) is 6.04 Å². The summed E-state index contributed by atoms with van der Waals surface area (Å²) in [6, 6.07) is -1.35. The Hall–Kier alpha value is -1.16. The summed E-state index contributed by atoms with van der Waals surface area (Å²) in [5.41, 5.74) is 0. The Bertz CT molecular complexity index is 269. The van der Waals surface area contributed by atoms with Crippen LogP contribution in [0, 0.1) is 0 Å². The number of hydrogen-bond acceptors (Lipinski definition) is 3. The predicted octanol–water partition coefficient (Wildman–Crippen LogP) is 0.216. The molecule has 1 heterocycles. The van der Waals surface area contributed by atoms with E-state index in [1.54, 1.807) is 0 Å². The summed E-state index contributed by atoms with van der Waals surface area (Å²) in [7, 11) is 0. The van der Waals surface area contributed by atoms with E-state index in [0.29, 0.717) is 0 Å². The number of hydrogen-bond donors (Lipinski definition) is 1. The first kappa shape index (κ1) is 7.94. The van der Waals surface area contributed by atoms with Crippen LogP contribution >= 0.6 is 11.6 Å². The van der Waals surface area contributed by atoms with E-state index in [-0.39, 0.29) is 5.17 Å². The number of carboxylic acids is 1. The SMILES string of the molecule is O=C(O)C1N=C(Cl)C=CC1=O. The Kier molecular flexibility index (Phi) is 2.05. The Balaban J connectivity index is 2.90. The molecule has 0 saturated heterocycles. The number of nitrogens with zero attached hydrogens (tertiary/aromatic N) is 1. The van der Waals surface area contributed by atoms with Gasteiger partial charge in [0.15, 0.2) is 5.78 Å². The summed E-state index contributed by atoms with van der Waals surface area (Å²) < 4.78 is 0. The van der Waals surface area contributed by atoms with Crippen LogP contribution < -0.4 is 0 Å². The average Bonchev–Trinajstić information content (AvgIpc) is 1.94. The Labute approximate surface area is 67.2 Å². The number of dihydropyridines is 1. The van der Waals surface area contributed by atoms with Crippen molar-refractivity contribution < 1.29 is 14.7 Å². The number of aliphatic imine (C=N–C) groups is 1. The lowest BCUT2D eigenvalue weighted by Gasteiger charge is -2.06. The van der Waals surface area contributed by atoms with E-state index in [1.807, 2.05) is 0 Å². The molecule has 0 aromatic rings. The van der Waals surface area contributed by atoms with Gasteiger partial charge in [-0.05, 0) is 12.2 Å². The second-order valence-corrected chi connectivity index (χ2v) is 2.32. The van der Waals surface area contributed by atoms with E-state index in [2.05, 4.69) is 4.99 Å². The van der Waals surface area contributed by atoms with Crippen molar-refractivity contribution in [3.05, 3.63) is 12.2 Å². The molecule has 4 nitrogen and oxygen atoms in total. The molecule has 1 rings (SSSR count). The third-order valence-corrected chi connectivity index (χ3v) is 1.36. The fourth-order valence-corrected chi connectivity index (χ4v) is 0.810.